The molecule has 2 atom stereocenters. The van der Waals surface area contributed by atoms with Crippen molar-refractivity contribution in [1.82, 2.24) is 9.55 Å². The highest BCUT2D eigenvalue weighted by atomic mass is 32.2. The van der Waals surface area contributed by atoms with Gasteiger partial charge in [-0.1, -0.05) is 27.2 Å². The van der Waals surface area contributed by atoms with Crippen LogP contribution < -0.4 is 0 Å². The fraction of sp³-hybridized carbons (Fsp3) is 0.769. The molecule has 0 saturated heterocycles. The lowest BCUT2D eigenvalue weighted by atomic mass is 9.92. The minimum Gasteiger partial charge on any atom is -0.337 e. The van der Waals surface area contributed by atoms with Crippen molar-refractivity contribution in [2.45, 2.75) is 56.7 Å². The third-order valence-corrected chi connectivity index (χ3v) is 5.10. The van der Waals surface area contributed by atoms with Crippen LogP contribution in [0.25, 0.3) is 0 Å². The Morgan fingerprint density at radius 1 is 1.41 bits per heavy atom. The van der Waals surface area contributed by atoms with Gasteiger partial charge in [0.25, 0.3) is 0 Å². The van der Waals surface area contributed by atoms with Gasteiger partial charge in [-0.15, -0.1) is 0 Å². The van der Waals surface area contributed by atoms with Crippen molar-refractivity contribution in [3.8, 4) is 0 Å². The van der Waals surface area contributed by atoms with Gasteiger partial charge in [-0.2, -0.15) is 11.8 Å². The molecule has 0 spiro atoms. The lowest BCUT2D eigenvalue weighted by molar-refractivity contribution is 0.450. The molecule has 1 saturated carbocycles. The maximum Gasteiger partial charge on any atom is 0.177 e. The third-order valence-electron chi connectivity index (χ3n) is 3.63. The van der Waals surface area contributed by atoms with Crippen LogP contribution >= 0.6 is 24.0 Å². The molecule has 0 amide bonds. The zero-order valence-corrected chi connectivity index (χ0v) is 12.8. The van der Waals surface area contributed by atoms with Crippen LogP contribution in [0.3, 0.4) is 0 Å². The molecule has 0 aliphatic heterocycles. The molecule has 1 aromatic rings. The van der Waals surface area contributed by atoms with Gasteiger partial charge in [-0.05, 0) is 31.3 Å². The highest BCUT2D eigenvalue weighted by molar-refractivity contribution is 7.99. The van der Waals surface area contributed by atoms with Crippen molar-refractivity contribution in [1.29, 1.82) is 0 Å². The van der Waals surface area contributed by atoms with Gasteiger partial charge in [0.2, 0.25) is 0 Å². The first-order valence-corrected chi connectivity index (χ1v) is 7.98. The fourth-order valence-corrected chi connectivity index (χ4v) is 4.03. The second kappa shape index (κ2) is 4.81. The van der Waals surface area contributed by atoms with Crippen molar-refractivity contribution < 1.29 is 0 Å². The van der Waals surface area contributed by atoms with E-state index in [4.69, 9.17) is 12.2 Å². The zero-order valence-electron chi connectivity index (χ0n) is 11.1. The molecule has 0 bridgehead atoms. The topological polar surface area (TPSA) is 20.7 Å². The normalized spacial score (nSPS) is 25.4. The molecule has 2 nitrogen and oxygen atoms in total. The van der Waals surface area contributed by atoms with E-state index in [9.17, 15) is 0 Å². The van der Waals surface area contributed by atoms with Gasteiger partial charge in [-0.3, -0.25) is 0 Å². The first-order valence-electron chi connectivity index (χ1n) is 6.28. The number of thioether (sulfide) groups is 1. The number of aromatic amines is 1. The van der Waals surface area contributed by atoms with Crippen LogP contribution in [-0.2, 0) is 5.41 Å². The Kier molecular flexibility index (Phi) is 3.74. The predicted octanol–water partition coefficient (Wildman–Crippen LogP) is 4.30. The summed E-state index contributed by atoms with van der Waals surface area (Å²) in [7, 11) is 0. The Morgan fingerprint density at radius 2 is 2.12 bits per heavy atom. The predicted molar refractivity (Wildman–Crippen MR) is 78.5 cm³/mol. The van der Waals surface area contributed by atoms with Crippen molar-refractivity contribution in [3.05, 3.63) is 16.7 Å². The molecule has 1 aliphatic carbocycles. The molecule has 1 aromatic heterocycles. The molecule has 1 fully saturated rings. The Morgan fingerprint density at radius 3 is 2.71 bits per heavy atom. The zero-order chi connectivity index (χ0) is 12.6. The highest BCUT2D eigenvalue weighted by Gasteiger charge is 2.32. The molecule has 1 N–H and O–H groups in total. The van der Waals surface area contributed by atoms with Gasteiger partial charge in [0.15, 0.2) is 4.77 Å². The molecular weight excluding hydrogens is 248 g/mol. The van der Waals surface area contributed by atoms with Crippen LogP contribution in [0.1, 0.15) is 51.8 Å². The summed E-state index contributed by atoms with van der Waals surface area (Å²) in [5.41, 5.74) is 1.49. The first kappa shape index (κ1) is 13.2. The summed E-state index contributed by atoms with van der Waals surface area (Å²) in [5, 5.41) is 0.721. The van der Waals surface area contributed by atoms with E-state index in [2.05, 4.69) is 42.8 Å². The molecule has 2 unspecified atom stereocenters. The highest BCUT2D eigenvalue weighted by Crippen LogP contribution is 2.39. The summed E-state index contributed by atoms with van der Waals surface area (Å²) < 4.78 is 3.27. The fourth-order valence-electron chi connectivity index (χ4n) is 2.76. The average molecular weight is 270 g/mol. The molecule has 0 aromatic carbocycles. The van der Waals surface area contributed by atoms with Crippen molar-refractivity contribution in [2.24, 2.45) is 0 Å². The molecule has 17 heavy (non-hydrogen) atoms. The molecule has 2 rings (SSSR count). The summed E-state index contributed by atoms with van der Waals surface area (Å²) in [5.74, 6) is 0. The number of rotatable bonds is 2. The van der Waals surface area contributed by atoms with Crippen LogP contribution in [0.2, 0.25) is 0 Å². The molecule has 4 heteroatoms. The summed E-state index contributed by atoms with van der Waals surface area (Å²) in [6.45, 7) is 6.76. The average Bonchev–Trinajstić information content (AvgIpc) is 2.81. The lowest BCUT2D eigenvalue weighted by Crippen LogP contribution is -2.24. The molecule has 1 aliphatic rings. The number of nitrogens with one attached hydrogen (secondary N) is 1. The minimum absolute atomic E-state index is 0.152. The maximum absolute atomic E-state index is 5.48. The molecule has 96 valence electrons. The van der Waals surface area contributed by atoms with Crippen molar-refractivity contribution in [3.63, 3.8) is 0 Å². The summed E-state index contributed by atoms with van der Waals surface area (Å²) in [6.07, 6.45) is 8.23. The Balaban J connectivity index is 2.44. The number of hydrogen-bond acceptors (Lipinski definition) is 2. The summed E-state index contributed by atoms with van der Waals surface area (Å²) in [6, 6.07) is 0.581. The van der Waals surface area contributed by atoms with E-state index in [-0.39, 0.29) is 5.41 Å². The number of hydrogen-bond donors (Lipinski definition) is 1. The SMILES string of the molecule is CSC1CCCC1n1c(C(C)(C)C)c[nH]c1=S. The monoisotopic (exact) mass is 270 g/mol. The van der Waals surface area contributed by atoms with Gasteiger partial charge in [-0.25, -0.2) is 0 Å². The Labute approximate surface area is 113 Å². The quantitative estimate of drug-likeness (QED) is 0.809. The molecule has 1 heterocycles. The summed E-state index contributed by atoms with van der Waals surface area (Å²) in [4.78, 5) is 3.23. The van der Waals surface area contributed by atoms with E-state index >= 15 is 0 Å². The Bertz CT molecular complexity index is 439. The maximum atomic E-state index is 5.48. The number of aromatic nitrogens is 2. The van der Waals surface area contributed by atoms with E-state index in [1.54, 1.807) is 0 Å². The first-order chi connectivity index (χ1) is 7.95. The second-order valence-electron chi connectivity index (χ2n) is 5.87. The van der Waals surface area contributed by atoms with Crippen LogP contribution in [0.15, 0.2) is 6.20 Å². The van der Waals surface area contributed by atoms with Gasteiger partial charge >= 0.3 is 0 Å². The lowest BCUT2D eigenvalue weighted by Gasteiger charge is -2.27. The van der Waals surface area contributed by atoms with Crippen molar-refractivity contribution >= 4 is 24.0 Å². The van der Waals surface area contributed by atoms with Crippen LogP contribution in [0.5, 0.6) is 0 Å². The summed E-state index contributed by atoms with van der Waals surface area (Å²) >= 11 is 7.46. The second-order valence-corrected chi connectivity index (χ2v) is 7.34. The molecular formula is C13H22N2S2. The van der Waals surface area contributed by atoms with E-state index in [1.165, 1.54) is 25.0 Å². The third kappa shape index (κ3) is 2.48. The molecule has 0 radical (unpaired) electrons. The minimum atomic E-state index is 0.152. The van der Waals surface area contributed by atoms with Gasteiger partial charge in [0, 0.05) is 28.6 Å². The standard InChI is InChI=1S/C13H22N2S2/c1-13(2,3)11-8-14-12(16)15(11)9-6-5-7-10(9)17-4/h8-10H,5-7H2,1-4H3,(H,14,16). The van der Waals surface area contributed by atoms with E-state index < -0.39 is 0 Å². The number of nitrogens with zero attached hydrogens (tertiary/aromatic N) is 1. The van der Waals surface area contributed by atoms with E-state index in [0.717, 1.165) is 10.0 Å². The van der Waals surface area contributed by atoms with Crippen LogP contribution in [0, 0.1) is 4.77 Å². The van der Waals surface area contributed by atoms with Gasteiger partial charge in [0.1, 0.15) is 0 Å². The largest absolute Gasteiger partial charge is 0.337 e. The van der Waals surface area contributed by atoms with Crippen molar-refractivity contribution in [2.75, 3.05) is 6.26 Å². The van der Waals surface area contributed by atoms with Gasteiger partial charge in [0.05, 0.1) is 0 Å². The van der Waals surface area contributed by atoms with Gasteiger partial charge < -0.3 is 9.55 Å². The Hall–Kier alpha value is -0.220. The van der Waals surface area contributed by atoms with Crippen LogP contribution in [-0.4, -0.2) is 21.1 Å². The number of imidazole rings is 1. The smallest absolute Gasteiger partial charge is 0.177 e. The van der Waals surface area contributed by atoms with E-state index in [1.807, 2.05) is 11.8 Å². The van der Waals surface area contributed by atoms with E-state index in [0.29, 0.717) is 6.04 Å². The number of H-pyrrole nitrogens is 1. The van der Waals surface area contributed by atoms with Crippen LogP contribution in [0.4, 0.5) is 0 Å².